The van der Waals surface area contributed by atoms with E-state index in [1.165, 1.54) is 38.1 Å². The number of nitrogens with zero attached hydrogens (tertiary/aromatic N) is 2. The molecule has 0 aliphatic carbocycles. The van der Waals surface area contributed by atoms with Crippen LogP contribution in [-0.4, -0.2) is 41.6 Å². The molecule has 26 heavy (non-hydrogen) atoms. The lowest BCUT2D eigenvalue weighted by Crippen LogP contribution is -2.36. The van der Waals surface area contributed by atoms with Crippen LogP contribution in [0.5, 0.6) is 11.5 Å². The van der Waals surface area contributed by atoms with E-state index in [9.17, 15) is 13.2 Å². The maximum atomic E-state index is 13.1. The Morgan fingerprint density at radius 2 is 1.96 bits per heavy atom. The molecule has 2 aromatic rings. The molecule has 138 valence electrons. The van der Waals surface area contributed by atoms with Gasteiger partial charge in [-0.15, -0.1) is 0 Å². The zero-order valence-corrected chi connectivity index (χ0v) is 15.6. The smallest absolute Gasteiger partial charge is 0.264 e. The number of fused-ring (bicyclic) bond motifs is 1. The average Bonchev–Trinajstić information content (AvgIpc) is 2.66. The third kappa shape index (κ3) is 3.08. The maximum Gasteiger partial charge on any atom is 0.264 e. The molecule has 2 aromatic carbocycles. The van der Waals surface area contributed by atoms with Crippen LogP contribution in [0.2, 0.25) is 0 Å². The lowest BCUT2D eigenvalue weighted by atomic mass is 10.2. The minimum atomic E-state index is -3.85. The molecular formula is C18H20N2O5S. The van der Waals surface area contributed by atoms with Crippen LogP contribution in [0.25, 0.3) is 0 Å². The van der Waals surface area contributed by atoms with Crippen LogP contribution in [0.15, 0.2) is 47.4 Å². The summed E-state index contributed by atoms with van der Waals surface area (Å²) >= 11 is 0. The number of amides is 1. The van der Waals surface area contributed by atoms with Gasteiger partial charge in [-0.05, 0) is 30.3 Å². The van der Waals surface area contributed by atoms with Gasteiger partial charge in [-0.1, -0.05) is 12.1 Å². The first-order chi connectivity index (χ1) is 12.4. The molecule has 3 rings (SSSR count). The van der Waals surface area contributed by atoms with Gasteiger partial charge in [0.1, 0.15) is 18.1 Å². The normalized spacial score (nSPS) is 13.6. The zero-order valence-electron chi connectivity index (χ0n) is 14.8. The number of para-hydroxylation sites is 2. The van der Waals surface area contributed by atoms with E-state index in [-0.39, 0.29) is 10.8 Å². The molecule has 0 saturated carbocycles. The van der Waals surface area contributed by atoms with Crippen molar-refractivity contribution in [3.63, 3.8) is 0 Å². The van der Waals surface area contributed by atoms with E-state index in [2.05, 4.69) is 0 Å². The van der Waals surface area contributed by atoms with Crippen molar-refractivity contribution in [2.24, 2.45) is 0 Å². The van der Waals surface area contributed by atoms with Gasteiger partial charge in [-0.3, -0.25) is 9.10 Å². The van der Waals surface area contributed by atoms with Crippen molar-refractivity contribution in [3.05, 3.63) is 42.5 Å². The third-order valence-corrected chi connectivity index (χ3v) is 6.02. The van der Waals surface area contributed by atoms with E-state index >= 15 is 0 Å². The predicted molar refractivity (Wildman–Crippen MR) is 98.5 cm³/mol. The number of sulfonamides is 1. The molecule has 7 nitrogen and oxygen atoms in total. The van der Waals surface area contributed by atoms with E-state index in [0.29, 0.717) is 36.0 Å². The van der Waals surface area contributed by atoms with E-state index in [1.807, 2.05) is 0 Å². The zero-order chi connectivity index (χ0) is 18.9. The van der Waals surface area contributed by atoms with E-state index in [0.717, 1.165) is 4.31 Å². The van der Waals surface area contributed by atoms with Crippen LogP contribution < -0.4 is 18.7 Å². The standard InChI is InChI=1S/C18H20N2O5S/c1-13(21)20-10-11-25-18-9-8-14(12-16(18)20)26(22,23)19(2)15-6-4-5-7-17(15)24-3/h4-9,12H,10-11H2,1-3H3. The summed E-state index contributed by atoms with van der Waals surface area (Å²) < 4.78 is 38.1. The first-order valence-corrected chi connectivity index (χ1v) is 9.47. The number of carbonyl (C=O) groups excluding carboxylic acids is 1. The van der Waals surface area contributed by atoms with Gasteiger partial charge in [0.05, 0.1) is 29.9 Å². The van der Waals surface area contributed by atoms with Crippen molar-refractivity contribution in [2.45, 2.75) is 11.8 Å². The van der Waals surface area contributed by atoms with Gasteiger partial charge in [0.2, 0.25) is 5.91 Å². The molecule has 0 atom stereocenters. The quantitative estimate of drug-likeness (QED) is 0.818. The SMILES string of the molecule is COc1ccccc1N(C)S(=O)(=O)c1ccc2c(c1)N(C(C)=O)CCO2. The van der Waals surface area contributed by atoms with E-state index in [1.54, 1.807) is 30.3 Å². The van der Waals surface area contributed by atoms with Gasteiger partial charge in [-0.25, -0.2) is 8.42 Å². The topological polar surface area (TPSA) is 76.2 Å². The molecule has 1 amide bonds. The van der Waals surface area contributed by atoms with Gasteiger partial charge in [-0.2, -0.15) is 0 Å². The Morgan fingerprint density at radius 3 is 2.65 bits per heavy atom. The number of hydrogen-bond donors (Lipinski definition) is 0. The van der Waals surface area contributed by atoms with Crippen LogP contribution in [-0.2, 0) is 14.8 Å². The second kappa shape index (κ2) is 6.87. The van der Waals surface area contributed by atoms with Crippen LogP contribution >= 0.6 is 0 Å². The fraction of sp³-hybridized carbons (Fsp3) is 0.278. The summed E-state index contributed by atoms with van der Waals surface area (Å²) in [6.45, 7) is 2.20. The Hall–Kier alpha value is -2.74. The highest BCUT2D eigenvalue weighted by Crippen LogP contribution is 2.36. The summed E-state index contributed by atoms with van der Waals surface area (Å²) in [5, 5.41) is 0. The molecule has 1 aliphatic rings. The molecule has 0 N–H and O–H groups in total. The second-order valence-electron chi connectivity index (χ2n) is 5.79. The van der Waals surface area contributed by atoms with Gasteiger partial charge in [0.25, 0.3) is 10.0 Å². The lowest BCUT2D eigenvalue weighted by molar-refractivity contribution is -0.116. The number of ether oxygens (including phenoxy) is 2. The molecule has 0 radical (unpaired) electrons. The Balaban J connectivity index is 2.05. The fourth-order valence-electron chi connectivity index (χ4n) is 2.86. The molecule has 0 bridgehead atoms. The molecule has 0 saturated heterocycles. The largest absolute Gasteiger partial charge is 0.495 e. The highest BCUT2D eigenvalue weighted by molar-refractivity contribution is 7.92. The number of rotatable bonds is 4. The molecule has 0 fully saturated rings. The average molecular weight is 376 g/mol. The summed E-state index contributed by atoms with van der Waals surface area (Å²) in [5.74, 6) is 0.776. The summed E-state index contributed by atoms with van der Waals surface area (Å²) in [7, 11) is -0.897. The molecule has 0 unspecified atom stereocenters. The van der Waals surface area contributed by atoms with Gasteiger partial charge in [0, 0.05) is 14.0 Å². The summed E-state index contributed by atoms with van der Waals surface area (Å²) in [6.07, 6.45) is 0. The molecule has 1 aliphatic heterocycles. The van der Waals surface area contributed by atoms with Crippen LogP contribution in [0, 0.1) is 0 Å². The monoisotopic (exact) mass is 376 g/mol. The van der Waals surface area contributed by atoms with Crippen LogP contribution in [0.3, 0.4) is 0 Å². The Morgan fingerprint density at radius 1 is 1.23 bits per heavy atom. The van der Waals surface area contributed by atoms with Crippen molar-refractivity contribution in [1.29, 1.82) is 0 Å². The molecule has 1 heterocycles. The maximum absolute atomic E-state index is 13.1. The molecule has 8 heteroatoms. The molecule has 0 aromatic heterocycles. The number of anilines is 2. The summed E-state index contributed by atoms with van der Waals surface area (Å²) in [5.41, 5.74) is 0.880. The summed E-state index contributed by atoms with van der Waals surface area (Å²) in [6, 6.07) is 11.4. The Kier molecular flexibility index (Phi) is 4.78. The second-order valence-corrected chi connectivity index (χ2v) is 7.76. The van der Waals surface area contributed by atoms with Gasteiger partial charge in [0.15, 0.2) is 0 Å². The van der Waals surface area contributed by atoms with Crippen LogP contribution in [0.4, 0.5) is 11.4 Å². The minimum absolute atomic E-state index is 0.0707. The van der Waals surface area contributed by atoms with E-state index < -0.39 is 10.0 Å². The highest BCUT2D eigenvalue weighted by atomic mass is 32.2. The number of benzene rings is 2. The van der Waals surface area contributed by atoms with Gasteiger partial charge >= 0.3 is 0 Å². The third-order valence-electron chi connectivity index (χ3n) is 4.26. The highest BCUT2D eigenvalue weighted by Gasteiger charge is 2.28. The Labute approximate surface area is 152 Å². The molecule has 0 spiro atoms. The number of methoxy groups -OCH3 is 1. The van der Waals surface area contributed by atoms with Gasteiger partial charge < -0.3 is 14.4 Å². The van der Waals surface area contributed by atoms with E-state index in [4.69, 9.17) is 9.47 Å². The number of hydrogen-bond acceptors (Lipinski definition) is 5. The van der Waals surface area contributed by atoms with Crippen molar-refractivity contribution >= 4 is 27.3 Å². The van der Waals surface area contributed by atoms with Crippen molar-refractivity contribution < 1.29 is 22.7 Å². The molecular weight excluding hydrogens is 356 g/mol. The minimum Gasteiger partial charge on any atom is -0.495 e. The first kappa shape index (κ1) is 18.1. The van der Waals surface area contributed by atoms with Crippen molar-refractivity contribution in [2.75, 3.05) is 36.5 Å². The van der Waals surface area contributed by atoms with Crippen molar-refractivity contribution in [1.82, 2.24) is 0 Å². The van der Waals surface area contributed by atoms with Crippen LogP contribution in [0.1, 0.15) is 6.92 Å². The summed E-state index contributed by atoms with van der Waals surface area (Å²) in [4.78, 5) is 13.4. The number of carbonyl (C=O) groups is 1. The van der Waals surface area contributed by atoms with Crippen molar-refractivity contribution in [3.8, 4) is 11.5 Å². The predicted octanol–water partition coefficient (Wildman–Crippen LogP) is 2.27. The Bertz CT molecular complexity index is 942. The first-order valence-electron chi connectivity index (χ1n) is 8.03. The lowest BCUT2D eigenvalue weighted by Gasteiger charge is -2.29. The fourth-order valence-corrected chi connectivity index (χ4v) is 4.09.